The summed E-state index contributed by atoms with van der Waals surface area (Å²) in [6.45, 7) is 2.36. The van der Waals surface area contributed by atoms with Gasteiger partial charge in [0.05, 0.1) is 26.4 Å². The number of fused-ring (bicyclic) bond motifs is 1. The number of carbonyl (C=O) groups excluding carboxylic acids is 1. The molecule has 0 aliphatic heterocycles. The lowest BCUT2D eigenvalue weighted by Gasteiger charge is -2.07. The van der Waals surface area contributed by atoms with Crippen molar-refractivity contribution in [3.05, 3.63) is 48.2 Å². The largest absolute Gasteiger partial charge is 0.497 e. The third kappa shape index (κ3) is 3.64. The van der Waals surface area contributed by atoms with Crippen LogP contribution in [0.1, 0.15) is 17.5 Å². The van der Waals surface area contributed by atoms with Gasteiger partial charge in [-0.1, -0.05) is 17.2 Å². The van der Waals surface area contributed by atoms with Gasteiger partial charge in [0.15, 0.2) is 17.1 Å². The fraction of sp³-hybridized carbons (Fsp3) is 0.190. The van der Waals surface area contributed by atoms with Gasteiger partial charge in [0.25, 0.3) is 11.8 Å². The summed E-state index contributed by atoms with van der Waals surface area (Å²) in [5.74, 6) is 1.45. The zero-order valence-corrected chi connectivity index (χ0v) is 16.6. The molecule has 4 rings (SSSR count). The molecule has 2 heterocycles. The molecule has 1 amide bonds. The summed E-state index contributed by atoms with van der Waals surface area (Å²) >= 11 is 0. The second kappa shape index (κ2) is 8.16. The summed E-state index contributed by atoms with van der Waals surface area (Å²) in [7, 11) is 3.08. The van der Waals surface area contributed by atoms with Crippen LogP contribution in [0.15, 0.2) is 51.3 Å². The second-order valence-corrected chi connectivity index (χ2v) is 6.15. The van der Waals surface area contributed by atoms with E-state index in [1.54, 1.807) is 37.4 Å². The highest BCUT2D eigenvalue weighted by atomic mass is 16.5. The van der Waals surface area contributed by atoms with E-state index in [4.69, 9.17) is 23.0 Å². The number of rotatable bonds is 7. The van der Waals surface area contributed by atoms with Crippen molar-refractivity contribution in [1.82, 2.24) is 10.2 Å². The lowest BCUT2D eigenvalue weighted by atomic mass is 10.2. The molecule has 0 aliphatic rings. The van der Waals surface area contributed by atoms with Gasteiger partial charge in [-0.3, -0.25) is 10.1 Å². The maximum Gasteiger partial charge on any atom is 0.322 e. The van der Waals surface area contributed by atoms with Crippen LogP contribution in [0.2, 0.25) is 0 Å². The van der Waals surface area contributed by atoms with Crippen LogP contribution in [0.4, 0.5) is 6.01 Å². The average molecular weight is 409 g/mol. The maximum absolute atomic E-state index is 12.6. The molecule has 1 N–H and O–H groups in total. The number of aromatic nitrogens is 2. The number of nitrogens with one attached hydrogen (secondary N) is 1. The van der Waals surface area contributed by atoms with Crippen LogP contribution in [0.25, 0.3) is 22.4 Å². The number of carbonyl (C=O) groups is 1. The fourth-order valence-corrected chi connectivity index (χ4v) is 2.93. The van der Waals surface area contributed by atoms with E-state index in [1.165, 1.54) is 7.11 Å². The molecule has 0 spiro atoms. The number of hydrogen-bond acceptors (Lipinski definition) is 8. The number of anilines is 1. The fourth-order valence-electron chi connectivity index (χ4n) is 2.93. The molecule has 0 aliphatic carbocycles. The van der Waals surface area contributed by atoms with Gasteiger partial charge in [-0.05, 0) is 31.2 Å². The standard InChI is InChI=1S/C21H19N3O6/c1-4-28-15-7-5-6-12-10-17(29-18(12)15)19(25)22-21-24-23-20(30-21)14-9-8-13(26-2)11-16(14)27-3/h5-11H,4H2,1-3H3,(H,22,24,25). The smallest absolute Gasteiger partial charge is 0.322 e. The molecule has 2 aromatic carbocycles. The van der Waals surface area contributed by atoms with Gasteiger partial charge in [-0.15, -0.1) is 5.10 Å². The third-order valence-electron chi connectivity index (χ3n) is 4.32. The Morgan fingerprint density at radius 2 is 1.90 bits per heavy atom. The van der Waals surface area contributed by atoms with E-state index < -0.39 is 5.91 Å². The zero-order valence-electron chi connectivity index (χ0n) is 16.6. The Hall–Kier alpha value is -4.01. The molecule has 9 nitrogen and oxygen atoms in total. The van der Waals surface area contributed by atoms with Crippen molar-refractivity contribution >= 4 is 22.9 Å². The van der Waals surface area contributed by atoms with Crippen molar-refractivity contribution < 1.29 is 27.8 Å². The number of furan rings is 1. The molecule has 0 saturated heterocycles. The Balaban J connectivity index is 1.56. The molecular weight excluding hydrogens is 390 g/mol. The number of benzene rings is 2. The van der Waals surface area contributed by atoms with Crippen molar-refractivity contribution in [2.75, 3.05) is 26.1 Å². The molecular formula is C21H19N3O6. The molecule has 0 radical (unpaired) electrons. The van der Waals surface area contributed by atoms with Crippen molar-refractivity contribution in [1.29, 1.82) is 0 Å². The van der Waals surface area contributed by atoms with Crippen LogP contribution in [-0.4, -0.2) is 36.9 Å². The minimum Gasteiger partial charge on any atom is -0.497 e. The number of nitrogens with zero attached hydrogens (tertiary/aromatic N) is 2. The number of ether oxygens (including phenoxy) is 3. The normalized spacial score (nSPS) is 10.8. The van der Waals surface area contributed by atoms with Crippen molar-refractivity contribution in [3.63, 3.8) is 0 Å². The molecule has 2 aromatic heterocycles. The summed E-state index contributed by atoms with van der Waals surface area (Å²) < 4.78 is 27.3. The summed E-state index contributed by atoms with van der Waals surface area (Å²) in [5, 5.41) is 11.1. The highest BCUT2D eigenvalue weighted by Crippen LogP contribution is 2.33. The first-order valence-electron chi connectivity index (χ1n) is 9.15. The molecule has 0 saturated carbocycles. The Labute approximate surface area is 171 Å². The van der Waals surface area contributed by atoms with Gasteiger partial charge >= 0.3 is 6.01 Å². The molecule has 30 heavy (non-hydrogen) atoms. The van der Waals surface area contributed by atoms with Crippen molar-refractivity contribution in [2.45, 2.75) is 6.92 Å². The summed E-state index contributed by atoms with van der Waals surface area (Å²) in [5.41, 5.74) is 1.06. The first-order valence-corrected chi connectivity index (χ1v) is 9.15. The molecule has 0 bridgehead atoms. The van der Waals surface area contributed by atoms with Gasteiger partial charge in [0.1, 0.15) is 11.5 Å². The maximum atomic E-state index is 12.6. The second-order valence-electron chi connectivity index (χ2n) is 6.15. The Morgan fingerprint density at radius 1 is 1.03 bits per heavy atom. The average Bonchev–Trinajstić information content (AvgIpc) is 3.41. The van der Waals surface area contributed by atoms with Crippen molar-refractivity contribution in [3.8, 4) is 28.7 Å². The Bertz CT molecular complexity index is 1200. The SMILES string of the molecule is CCOc1cccc2cc(C(=O)Nc3nnc(-c4ccc(OC)cc4OC)o3)oc12. The van der Waals surface area contributed by atoms with E-state index in [0.717, 1.165) is 5.39 Å². The lowest BCUT2D eigenvalue weighted by molar-refractivity contribution is 0.0995. The lowest BCUT2D eigenvalue weighted by Crippen LogP contribution is -2.11. The van der Waals surface area contributed by atoms with Gasteiger partial charge in [0, 0.05) is 11.5 Å². The molecule has 0 fully saturated rings. The molecule has 9 heteroatoms. The van der Waals surface area contributed by atoms with Gasteiger partial charge in [-0.25, -0.2) is 0 Å². The summed E-state index contributed by atoms with van der Waals surface area (Å²) in [6.07, 6.45) is 0. The molecule has 0 unspecified atom stereocenters. The van der Waals surface area contributed by atoms with Crippen LogP contribution in [-0.2, 0) is 0 Å². The molecule has 0 atom stereocenters. The van der Waals surface area contributed by atoms with E-state index in [0.29, 0.717) is 35.0 Å². The van der Waals surface area contributed by atoms with E-state index in [-0.39, 0.29) is 17.7 Å². The molecule has 4 aromatic rings. The Kier molecular flexibility index (Phi) is 5.25. The highest BCUT2D eigenvalue weighted by molar-refractivity contribution is 6.04. The van der Waals surface area contributed by atoms with Crippen molar-refractivity contribution in [2.24, 2.45) is 0 Å². The minimum atomic E-state index is -0.523. The quantitative estimate of drug-likeness (QED) is 0.485. The zero-order chi connectivity index (χ0) is 21.1. The van der Waals surface area contributed by atoms with Crippen LogP contribution in [0.5, 0.6) is 17.2 Å². The van der Waals surface area contributed by atoms with E-state index in [9.17, 15) is 4.79 Å². The first kappa shape index (κ1) is 19.3. The predicted molar refractivity (Wildman–Crippen MR) is 108 cm³/mol. The minimum absolute atomic E-state index is 0.0710. The van der Waals surface area contributed by atoms with E-state index >= 15 is 0 Å². The van der Waals surface area contributed by atoms with Crippen LogP contribution < -0.4 is 19.5 Å². The number of para-hydroxylation sites is 1. The number of methoxy groups -OCH3 is 2. The summed E-state index contributed by atoms with van der Waals surface area (Å²) in [4.78, 5) is 12.6. The first-order chi connectivity index (χ1) is 14.6. The number of amides is 1. The van der Waals surface area contributed by atoms with Gasteiger partial charge < -0.3 is 23.0 Å². The predicted octanol–water partition coefficient (Wildman–Crippen LogP) is 4.15. The van der Waals surface area contributed by atoms with Crippen LogP contribution in [0, 0.1) is 0 Å². The van der Waals surface area contributed by atoms with E-state index in [2.05, 4.69) is 15.5 Å². The van der Waals surface area contributed by atoms with E-state index in [1.807, 2.05) is 19.1 Å². The van der Waals surface area contributed by atoms with Gasteiger partial charge in [-0.2, -0.15) is 0 Å². The monoisotopic (exact) mass is 409 g/mol. The summed E-state index contributed by atoms with van der Waals surface area (Å²) in [6, 6.07) is 12.2. The third-order valence-corrected chi connectivity index (χ3v) is 4.32. The topological polar surface area (TPSA) is 109 Å². The highest BCUT2D eigenvalue weighted by Gasteiger charge is 2.19. The van der Waals surface area contributed by atoms with Gasteiger partial charge in [0.2, 0.25) is 0 Å². The van der Waals surface area contributed by atoms with Crippen LogP contribution >= 0.6 is 0 Å². The number of hydrogen-bond donors (Lipinski definition) is 1. The Morgan fingerprint density at radius 3 is 2.67 bits per heavy atom. The van der Waals surface area contributed by atoms with Crippen LogP contribution in [0.3, 0.4) is 0 Å². The molecule has 154 valence electrons.